The highest BCUT2D eigenvalue weighted by molar-refractivity contribution is 7.89. The molecular formula is C8H21ClN2O2S. The number of nitrogens with two attached hydrogens (primary N) is 1. The second-order valence-electron chi connectivity index (χ2n) is 3.27. The van der Waals surface area contributed by atoms with Crippen molar-refractivity contribution in [2.75, 3.05) is 19.3 Å². The van der Waals surface area contributed by atoms with E-state index in [-0.39, 0.29) is 24.2 Å². The fourth-order valence-corrected chi connectivity index (χ4v) is 2.47. The Kier molecular flexibility index (Phi) is 8.83. The zero-order chi connectivity index (χ0) is 10.5. The van der Waals surface area contributed by atoms with Crippen LogP contribution in [0.15, 0.2) is 0 Å². The van der Waals surface area contributed by atoms with Gasteiger partial charge in [-0.15, -0.1) is 12.4 Å². The van der Waals surface area contributed by atoms with Gasteiger partial charge in [-0.3, -0.25) is 0 Å². The maximum Gasteiger partial charge on any atom is 0.214 e. The summed E-state index contributed by atoms with van der Waals surface area (Å²) in [4.78, 5) is 0. The minimum Gasteiger partial charge on any atom is -0.329 e. The first-order valence-corrected chi connectivity index (χ1v) is 6.22. The van der Waals surface area contributed by atoms with Gasteiger partial charge >= 0.3 is 0 Å². The van der Waals surface area contributed by atoms with E-state index in [2.05, 4.69) is 0 Å². The van der Waals surface area contributed by atoms with Crippen molar-refractivity contribution in [2.45, 2.75) is 32.7 Å². The van der Waals surface area contributed by atoms with Gasteiger partial charge in [-0.1, -0.05) is 13.3 Å². The Morgan fingerprint density at radius 1 is 1.43 bits per heavy atom. The molecule has 4 nitrogen and oxygen atoms in total. The van der Waals surface area contributed by atoms with Crippen LogP contribution in [0.25, 0.3) is 0 Å². The Labute approximate surface area is 93.3 Å². The lowest BCUT2D eigenvalue weighted by atomic mass is 10.4. The summed E-state index contributed by atoms with van der Waals surface area (Å²) in [7, 11) is -1.49. The third-order valence-corrected chi connectivity index (χ3v) is 4.20. The lowest BCUT2D eigenvalue weighted by molar-refractivity contribution is 0.394. The number of halogens is 1. The highest BCUT2D eigenvalue weighted by Gasteiger charge is 2.21. The molecule has 0 aromatic carbocycles. The Morgan fingerprint density at radius 2 is 1.93 bits per heavy atom. The van der Waals surface area contributed by atoms with Crippen LogP contribution in [0, 0.1) is 0 Å². The average molecular weight is 245 g/mol. The summed E-state index contributed by atoms with van der Waals surface area (Å²) < 4.78 is 24.5. The van der Waals surface area contributed by atoms with Crippen molar-refractivity contribution in [1.82, 2.24) is 4.31 Å². The number of sulfonamides is 1. The molecule has 0 rings (SSSR count). The second kappa shape index (κ2) is 7.45. The van der Waals surface area contributed by atoms with Crippen LogP contribution in [0.3, 0.4) is 0 Å². The zero-order valence-electron chi connectivity index (χ0n) is 9.06. The second-order valence-corrected chi connectivity index (χ2v) is 5.42. The van der Waals surface area contributed by atoms with Crippen LogP contribution in [0.2, 0.25) is 0 Å². The molecule has 14 heavy (non-hydrogen) atoms. The normalized spacial score (nSPS) is 13.8. The summed E-state index contributed by atoms with van der Waals surface area (Å²) in [5, 5.41) is 0. The predicted molar refractivity (Wildman–Crippen MR) is 62.2 cm³/mol. The van der Waals surface area contributed by atoms with E-state index in [0.717, 1.165) is 6.42 Å². The molecule has 1 unspecified atom stereocenters. The summed E-state index contributed by atoms with van der Waals surface area (Å²) in [6, 6.07) is -0.109. The highest BCUT2D eigenvalue weighted by atomic mass is 35.5. The molecule has 0 bridgehead atoms. The number of likely N-dealkylation sites (N-methyl/N-ethyl adjacent to an activating group) is 1. The number of unbranched alkanes of at least 4 members (excludes halogenated alkanes) is 1. The molecule has 0 spiro atoms. The van der Waals surface area contributed by atoms with E-state index in [0.29, 0.717) is 13.0 Å². The average Bonchev–Trinajstić information content (AvgIpc) is 2.12. The van der Waals surface area contributed by atoms with Crippen LogP contribution in [-0.2, 0) is 10.0 Å². The fourth-order valence-electron chi connectivity index (χ4n) is 0.893. The van der Waals surface area contributed by atoms with Gasteiger partial charge in [0, 0.05) is 19.6 Å². The molecule has 0 aliphatic carbocycles. The first kappa shape index (κ1) is 16.6. The molecule has 0 aromatic rings. The van der Waals surface area contributed by atoms with Crippen LogP contribution in [0.1, 0.15) is 26.7 Å². The molecule has 88 valence electrons. The third kappa shape index (κ3) is 5.14. The molecule has 0 amide bonds. The fraction of sp³-hybridized carbons (Fsp3) is 1.00. The minimum atomic E-state index is -3.08. The maximum atomic E-state index is 11.6. The van der Waals surface area contributed by atoms with Crippen molar-refractivity contribution < 1.29 is 8.42 Å². The monoisotopic (exact) mass is 244 g/mol. The van der Waals surface area contributed by atoms with Gasteiger partial charge in [0.05, 0.1) is 5.75 Å². The molecule has 0 saturated carbocycles. The van der Waals surface area contributed by atoms with E-state index in [1.165, 1.54) is 4.31 Å². The van der Waals surface area contributed by atoms with Gasteiger partial charge in [-0.05, 0) is 13.3 Å². The van der Waals surface area contributed by atoms with Gasteiger partial charge in [0.25, 0.3) is 0 Å². The van der Waals surface area contributed by atoms with Gasteiger partial charge < -0.3 is 5.73 Å². The molecule has 0 heterocycles. The molecule has 2 N–H and O–H groups in total. The van der Waals surface area contributed by atoms with Crippen LogP contribution >= 0.6 is 12.4 Å². The highest BCUT2D eigenvalue weighted by Crippen LogP contribution is 2.05. The summed E-state index contributed by atoms with van der Waals surface area (Å²) >= 11 is 0. The summed E-state index contributed by atoms with van der Waals surface area (Å²) in [5.41, 5.74) is 5.39. The standard InChI is InChI=1S/C8H20N2O2S.ClH/c1-4-5-6-13(11,12)10(3)8(2)7-9;/h8H,4-7,9H2,1-3H3;1H. The molecule has 0 aliphatic rings. The molecule has 0 fully saturated rings. The first-order valence-electron chi connectivity index (χ1n) is 4.61. The SMILES string of the molecule is CCCCS(=O)(=O)N(C)C(C)CN.Cl. The zero-order valence-corrected chi connectivity index (χ0v) is 10.7. The lowest BCUT2D eigenvalue weighted by Crippen LogP contribution is -2.40. The number of hydrogen-bond donors (Lipinski definition) is 1. The predicted octanol–water partition coefficient (Wildman–Crippen LogP) is 0.817. The Morgan fingerprint density at radius 3 is 2.29 bits per heavy atom. The number of nitrogens with zero attached hydrogens (tertiary/aromatic N) is 1. The van der Waals surface area contributed by atoms with Gasteiger partial charge in [0.15, 0.2) is 0 Å². The largest absolute Gasteiger partial charge is 0.329 e. The van der Waals surface area contributed by atoms with Crippen LogP contribution in [0.4, 0.5) is 0 Å². The third-order valence-electron chi connectivity index (χ3n) is 2.16. The van der Waals surface area contributed by atoms with Gasteiger partial charge in [-0.25, -0.2) is 12.7 Å². The van der Waals surface area contributed by atoms with Crippen molar-refractivity contribution in [3.8, 4) is 0 Å². The summed E-state index contributed by atoms with van der Waals surface area (Å²) in [5.74, 6) is 0.227. The Balaban J connectivity index is 0. The Hall–Kier alpha value is 0.160. The molecule has 0 saturated heterocycles. The number of rotatable bonds is 6. The number of hydrogen-bond acceptors (Lipinski definition) is 3. The molecule has 6 heteroatoms. The molecule has 0 aliphatic heterocycles. The van der Waals surface area contributed by atoms with Crippen molar-refractivity contribution in [1.29, 1.82) is 0 Å². The van der Waals surface area contributed by atoms with Crippen molar-refractivity contribution in [2.24, 2.45) is 5.73 Å². The van der Waals surface area contributed by atoms with Crippen LogP contribution in [-0.4, -0.2) is 38.1 Å². The Bertz CT molecular complexity index is 231. The van der Waals surface area contributed by atoms with Crippen LogP contribution < -0.4 is 5.73 Å². The van der Waals surface area contributed by atoms with E-state index in [1.54, 1.807) is 7.05 Å². The van der Waals surface area contributed by atoms with Gasteiger partial charge in [-0.2, -0.15) is 0 Å². The minimum absolute atomic E-state index is 0. The van der Waals surface area contributed by atoms with Gasteiger partial charge in [0.2, 0.25) is 10.0 Å². The lowest BCUT2D eigenvalue weighted by Gasteiger charge is -2.22. The molecule has 1 atom stereocenters. The van der Waals surface area contributed by atoms with Crippen LogP contribution in [0.5, 0.6) is 0 Å². The topological polar surface area (TPSA) is 63.4 Å². The van der Waals surface area contributed by atoms with E-state index in [9.17, 15) is 8.42 Å². The molecule has 0 aromatic heterocycles. The smallest absolute Gasteiger partial charge is 0.214 e. The molecule has 0 radical (unpaired) electrons. The summed E-state index contributed by atoms with van der Waals surface area (Å²) in [6.07, 6.45) is 1.61. The quantitative estimate of drug-likeness (QED) is 0.753. The van der Waals surface area contributed by atoms with E-state index in [4.69, 9.17) is 5.73 Å². The van der Waals surface area contributed by atoms with Crippen molar-refractivity contribution in [3.63, 3.8) is 0 Å². The maximum absolute atomic E-state index is 11.6. The van der Waals surface area contributed by atoms with Crippen molar-refractivity contribution in [3.05, 3.63) is 0 Å². The van der Waals surface area contributed by atoms with E-state index in [1.807, 2.05) is 13.8 Å². The summed E-state index contributed by atoms with van der Waals surface area (Å²) in [6.45, 7) is 4.15. The molecular weight excluding hydrogens is 224 g/mol. The van der Waals surface area contributed by atoms with E-state index < -0.39 is 10.0 Å². The van der Waals surface area contributed by atoms with Gasteiger partial charge in [0.1, 0.15) is 0 Å². The van der Waals surface area contributed by atoms with Crippen molar-refractivity contribution >= 4 is 22.4 Å². The first-order chi connectivity index (χ1) is 5.95. The van der Waals surface area contributed by atoms with E-state index >= 15 is 0 Å².